The van der Waals surface area contributed by atoms with Gasteiger partial charge in [0.05, 0.1) is 16.8 Å². The highest BCUT2D eigenvalue weighted by Gasteiger charge is 2.20. The van der Waals surface area contributed by atoms with Crippen molar-refractivity contribution in [2.24, 2.45) is 5.73 Å². The maximum absolute atomic E-state index is 12.6. The maximum Gasteiger partial charge on any atom is 0.339 e. The maximum atomic E-state index is 12.6. The van der Waals surface area contributed by atoms with Crippen molar-refractivity contribution in [2.45, 2.75) is 13.0 Å². The number of fused-ring (bicyclic) bond motifs is 1. The van der Waals surface area contributed by atoms with E-state index in [1.807, 2.05) is 42.5 Å². The SMILES string of the molecule is CC(OC(=O)c1cc(-c2cccc(Br)c2)nc2ccccc12)C(N)=O. The number of benzene rings is 2. The third-order valence-corrected chi connectivity index (χ3v) is 4.23. The molecule has 0 aliphatic rings. The van der Waals surface area contributed by atoms with Crippen molar-refractivity contribution >= 4 is 38.7 Å². The minimum atomic E-state index is -1.01. The standard InChI is InChI=1S/C19H15BrN2O3/c1-11(18(21)23)25-19(24)15-10-17(12-5-4-6-13(20)9-12)22-16-8-3-2-7-14(15)16/h2-11H,1H3,(H2,21,23). The van der Waals surface area contributed by atoms with Crippen LogP contribution in [0.15, 0.2) is 59.1 Å². The van der Waals surface area contributed by atoms with Gasteiger partial charge >= 0.3 is 5.97 Å². The summed E-state index contributed by atoms with van der Waals surface area (Å²) in [7, 11) is 0. The first-order valence-electron chi connectivity index (χ1n) is 7.62. The van der Waals surface area contributed by atoms with E-state index in [4.69, 9.17) is 10.5 Å². The molecule has 3 rings (SSSR count). The van der Waals surface area contributed by atoms with Gasteiger partial charge in [0.15, 0.2) is 6.10 Å². The predicted molar refractivity (Wildman–Crippen MR) is 99.0 cm³/mol. The largest absolute Gasteiger partial charge is 0.449 e. The second-order valence-electron chi connectivity index (χ2n) is 5.53. The Balaban J connectivity index is 2.13. The number of carbonyl (C=O) groups is 2. The van der Waals surface area contributed by atoms with Crippen molar-refractivity contribution in [1.82, 2.24) is 4.98 Å². The van der Waals surface area contributed by atoms with Crippen LogP contribution in [0.3, 0.4) is 0 Å². The lowest BCUT2D eigenvalue weighted by molar-refractivity contribution is -0.125. The Morgan fingerprint density at radius 3 is 2.60 bits per heavy atom. The molecule has 0 bridgehead atoms. The second-order valence-corrected chi connectivity index (χ2v) is 6.45. The Labute approximate surface area is 152 Å². The summed E-state index contributed by atoms with van der Waals surface area (Å²) in [5.74, 6) is -1.31. The van der Waals surface area contributed by atoms with E-state index < -0.39 is 18.0 Å². The molecule has 1 unspecified atom stereocenters. The smallest absolute Gasteiger partial charge is 0.339 e. The average molecular weight is 399 g/mol. The Kier molecular flexibility index (Phi) is 4.81. The normalized spacial score (nSPS) is 11.9. The molecule has 1 aromatic heterocycles. The van der Waals surface area contributed by atoms with Crippen LogP contribution in [0.4, 0.5) is 0 Å². The van der Waals surface area contributed by atoms with Crippen LogP contribution in [-0.2, 0) is 9.53 Å². The Bertz CT molecular complexity index is 972. The minimum Gasteiger partial charge on any atom is -0.449 e. The number of hydrogen-bond donors (Lipinski definition) is 1. The predicted octanol–water partition coefficient (Wildman–Crippen LogP) is 3.69. The second kappa shape index (κ2) is 7.03. The lowest BCUT2D eigenvalue weighted by Gasteiger charge is -2.12. The number of amides is 1. The van der Waals surface area contributed by atoms with Gasteiger partial charge in [-0.3, -0.25) is 4.79 Å². The number of nitrogens with two attached hydrogens (primary N) is 1. The van der Waals surface area contributed by atoms with Crippen LogP contribution in [0.5, 0.6) is 0 Å². The monoisotopic (exact) mass is 398 g/mol. The summed E-state index contributed by atoms with van der Waals surface area (Å²) in [5.41, 5.74) is 7.68. The van der Waals surface area contributed by atoms with Gasteiger partial charge in [-0.25, -0.2) is 9.78 Å². The van der Waals surface area contributed by atoms with Gasteiger partial charge in [-0.05, 0) is 31.2 Å². The number of pyridine rings is 1. The van der Waals surface area contributed by atoms with E-state index >= 15 is 0 Å². The molecule has 0 radical (unpaired) electrons. The summed E-state index contributed by atoms with van der Waals surface area (Å²) < 4.78 is 6.08. The van der Waals surface area contributed by atoms with Gasteiger partial charge in [-0.2, -0.15) is 0 Å². The molecule has 0 aliphatic heterocycles. The molecule has 0 spiro atoms. The molecule has 2 N–H and O–H groups in total. The summed E-state index contributed by atoms with van der Waals surface area (Å²) >= 11 is 3.43. The van der Waals surface area contributed by atoms with E-state index in [-0.39, 0.29) is 0 Å². The summed E-state index contributed by atoms with van der Waals surface area (Å²) in [4.78, 5) is 28.4. The van der Waals surface area contributed by atoms with Crippen molar-refractivity contribution in [3.05, 3.63) is 64.6 Å². The number of nitrogens with zero attached hydrogens (tertiary/aromatic N) is 1. The zero-order chi connectivity index (χ0) is 18.0. The topological polar surface area (TPSA) is 82.3 Å². The van der Waals surface area contributed by atoms with Crippen molar-refractivity contribution in [1.29, 1.82) is 0 Å². The average Bonchev–Trinajstić information content (AvgIpc) is 2.60. The van der Waals surface area contributed by atoms with E-state index in [0.717, 1.165) is 10.0 Å². The first-order chi connectivity index (χ1) is 12.0. The Hall–Kier alpha value is -2.73. The number of carbonyl (C=O) groups excluding carboxylic acids is 2. The molecule has 6 heteroatoms. The summed E-state index contributed by atoms with van der Waals surface area (Å²) in [6.45, 7) is 1.44. The Morgan fingerprint density at radius 1 is 1.12 bits per heavy atom. The summed E-state index contributed by atoms with van der Waals surface area (Å²) in [5, 5.41) is 0.655. The summed E-state index contributed by atoms with van der Waals surface area (Å²) in [6.07, 6.45) is -1.01. The minimum absolute atomic E-state index is 0.341. The number of halogens is 1. The van der Waals surface area contributed by atoms with Crippen molar-refractivity contribution in [2.75, 3.05) is 0 Å². The lowest BCUT2D eigenvalue weighted by Crippen LogP contribution is -2.30. The zero-order valence-electron chi connectivity index (χ0n) is 13.4. The van der Waals surface area contributed by atoms with E-state index in [2.05, 4.69) is 20.9 Å². The van der Waals surface area contributed by atoms with Gasteiger partial charge in [0.1, 0.15) is 0 Å². The fourth-order valence-electron chi connectivity index (χ4n) is 2.42. The first-order valence-corrected chi connectivity index (χ1v) is 8.41. The van der Waals surface area contributed by atoms with E-state index in [1.165, 1.54) is 6.92 Å². The number of aromatic nitrogens is 1. The van der Waals surface area contributed by atoms with Crippen LogP contribution in [-0.4, -0.2) is 23.0 Å². The van der Waals surface area contributed by atoms with Gasteiger partial charge in [0.2, 0.25) is 0 Å². The van der Waals surface area contributed by atoms with E-state index in [9.17, 15) is 9.59 Å². The molecule has 0 saturated carbocycles. The molecule has 0 fully saturated rings. The third kappa shape index (κ3) is 3.69. The molecule has 3 aromatic rings. The molecule has 5 nitrogen and oxygen atoms in total. The van der Waals surface area contributed by atoms with Gasteiger partial charge in [0.25, 0.3) is 5.91 Å². The molecule has 126 valence electrons. The molecule has 0 aliphatic carbocycles. The highest BCUT2D eigenvalue weighted by atomic mass is 79.9. The van der Waals surface area contributed by atoms with E-state index in [1.54, 1.807) is 12.1 Å². The number of primary amides is 1. The van der Waals surface area contributed by atoms with Crippen LogP contribution >= 0.6 is 15.9 Å². The number of hydrogen-bond acceptors (Lipinski definition) is 4. The molecule has 0 saturated heterocycles. The molecule has 1 heterocycles. The van der Waals surface area contributed by atoms with Crippen LogP contribution in [0, 0.1) is 0 Å². The molecular formula is C19H15BrN2O3. The van der Waals surface area contributed by atoms with Crippen LogP contribution in [0.1, 0.15) is 17.3 Å². The highest BCUT2D eigenvalue weighted by Crippen LogP contribution is 2.27. The highest BCUT2D eigenvalue weighted by molar-refractivity contribution is 9.10. The molecular weight excluding hydrogens is 384 g/mol. The van der Waals surface area contributed by atoms with Crippen LogP contribution in [0.25, 0.3) is 22.2 Å². The number of esters is 1. The fraction of sp³-hybridized carbons (Fsp3) is 0.105. The third-order valence-electron chi connectivity index (χ3n) is 3.74. The van der Waals surface area contributed by atoms with Gasteiger partial charge in [-0.1, -0.05) is 46.3 Å². The zero-order valence-corrected chi connectivity index (χ0v) is 15.0. The first kappa shape index (κ1) is 17.1. The van der Waals surface area contributed by atoms with Crippen LogP contribution < -0.4 is 5.73 Å². The molecule has 1 atom stereocenters. The van der Waals surface area contributed by atoms with Gasteiger partial charge in [0, 0.05) is 15.4 Å². The number of rotatable bonds is 4. The molecule has 1 amide bonds. The Morgan fingerprint density at radius 2 is 1.88 bits per heavy atom. The van der Waals surface area contributed by atoms with Crippen molar-refractivity contribution in [3.63, 3.8) is 0 Å². The molecule has 2 aromatic carbocycles. The van der Waals surface area contributed by atoms with Gasteiger partial charge < -0.3 is 10.5 Å². The molecule has 25 heavy (non-hydrogen) atoms. The quantitative estimate of drug-likeness (QED) is 0.679. The number of para-hydroxylation sites is 1. The summed E-state index contributed by atoms with van der Waals surface area (Å²) in [6, 6.07) is 16.6. The van der Waals surface area contributed by atoms with Gasteiger partial charge in [-0.15, -0.1) is 0 Å². The van der Waals surface area contributed by atoms with E-state index in [0.29, 0.717) is 22.2 Å². The fourth-order valence-corrected chi connectivity index (χ4v) is 2.82. The van der Waals surface area contributed by atoms with Crippen LogP contribution in [0.2, 0.25) is 0 Å². The van der Waals surface area contributed by atoms with Crippen molar-refractivity contribution < 1.29 is 14.3 Å². The van der Waals surface area contributed by atoms with Crippen molar-refractivity contribution in [3.8, 4) is 11.3 Å². The lowest BCUT2D eigenvalue weighted by atomic mass is 10.0. The number of ether oxygens (including phenoxy) is 1.